The van der Waals surface area contributed by atoms with Gasteiger partial charge in [-0.15, -0.1) is 0 Å². The number of H-pyrrole nitrogens is 1. The Hall–Kier alpha value is -2.75. The second-order valence-corrected chi connectivity index (χ2v) is 9.42. The largest absolute Gasteiger partial charge is 0.435 e. The first-order valence-corrected chi connectivity index (χ1v) is 11.4. The maximum atomic E-state index is 13.6. The van der Waals surface area contributed by atoms with Gasteiger partial charge in [0.15, 0.2) is 5.60 Å². The minimum atomic E-state index is -0.849. The number of carbonyl (C=O) groups excluding carboxylic acids is 2. The summed E-state index contributed by atoms with van der Waals surface area (Å²) in [4.78, 5) is 24.3. The maximum absolute atomic E-state index is 13.6. The van der Waals surface area contributed by atoms with Crippen molar-refractivity contribution in [2.75, 3.05) is 0 Å². The van der Waals surface area contributed by atoms with Gasteiger partial charge < -0.3 is 10.1 Å². The molecule has 1 spiro atoms. The fraction of sp³-hybridized carbons (Fsp3) is 0.455. The molecule has 2 amide bonds. The number of halogens is 2. The smallest absolute Gasteiger partial charge is 0.428 e. The highest BCUT2D eigenvalue weighted by atomic mass is 79.9. The molecule has 0 bridgehead atoms. The SMILES string of the molecule is Cc1cc(C(=O)N[C@@H](C)CC2CCC3(CC2)OC(=O)NN=C3c2ccc(F)cc2Br)n[nH]1. The number of aromatic amines is 1. The van der Waals surface area contributed by atoms with Crippen LogP contribution in [-0.2, 0) is 4.74 Å². The lowest BCUT2D eigenvalue weighted by Gasteiger charge is -2.42. The first-order chi connectivity index (χ1) is 15.3. The van der Waals surface area contributed by atoms with E-state index in [0.29, 0.717) is 40.2 Å². The first-order valence-electron chi connectivity index (χ1n) is 10.6. The van der Waals surface area contributed by atoms with Crippen molar-refractivity contribution in [2.45, 2.75) is 57.6 Å². The van der Waals surface area contributed by atoms with Gasteiger partial charge in [0.05, 0.1) is 0 Å². The molecule has 2 aliphatic rings. The third-order valence-electron chi connectivity index (χ3n) is 6.08. The molecule has 10 heteroatoms. The number of nitrogens with one attached hydrogen (secondary N) is 3. The summed E-state index contributed by atoms with van der Waals surface area (Å²) in [5.74, 6) is -0.193. The number of aryl methyl sites for hydroxylation is 1. The molecule has 2 aromatic rings. The Bertz CT molecular complexity index is 1060. The zero-order valence-electron chi connectivity index (χ0n) is 17.9. The van der Waals surface area contributed by atoms with Gasteiger partial charge in [0.2, 0.25) is 0 Å². The van der Waals surface area contributed by atoms with Gasteiger partial charge in [-0.1, -0.05) is 15.9 Å². The van der Waals surface area contributed by atoms with Crippen LogP contribution in [0.4, 0.5) is 9.18 Å². The monoisotopic (exact) mass is 505 g/mol. The Morgan fingerprint density at radius 3 is 2.78 bits per heavy atom. The molecule has 1 saturated carbocycles. The first kappa shape index (κ1) is 22.4. The standard InChI is InChI=1S/C22H25BrFN5O3/c1-12(25-20(30)18-10-13(2)26-27-18)9-14-5-7-22(8-6-14)19(28-29-21(31)32-22)16-4-3-15(24)11-17(16)23/h3-4,10-12,14H,5-9H2,1-2H3,(H,25,30)(H,26,27)(H,29,31)/t12-,14?,22?/m0/s1. The quantitative estimate of drug-likeness (QED) is 0.565. The van der Waals surface area contributed by atoms with Crippen LogP contribution < -0.4 is 10.7 Å². The molecule has 1 aromatic carbocycles. The van der Waals surface area contributed by atoms with Gasteiger partial charge in [0.25, 0.3) is 5.91 Å². The van der Waals surface area contributed by atoms with Crippen LogP contribution in [0.25, 0.3) is 0 Å². The summed E-state index contributed by atoms with van der Waals surface area (Å²) >= 11 is 3.40. The van der Waals surface area contributed by atoms with Crippen LogP contribution in [0.15, 0.2) is 33.8 Å². The number of rotatable bonds is 5. The van der Waals surface area contributed by atoms with Crippen molar-refractivity contribution >= 4 is 33.6 Å². The summed E-state index contributed by atoms with van der Waals surface area (Å²) < 4.78 is 19.9. The number of hydrazone groups is 1. The van der Waals surface area contributed by atoms with Crippen molar-refractivity contribution in [2.24, 2.45) is 11.0 Å². The van der Waals surface area contributed by atoms with Gasteiger partial charge in [-0.3, -0.25) is 9.89 Å². The molecule has 1 fully saturated rings. The Balaban J connectivity index is 1.41. The molecule has 1 aromatic heterocycles. The molecule has 2 heterocycles. The Kier molecular flexibility index (Phi) is 6.32. The van der Waals surface area contributed by atoms with Crippen LogP contribution in [0.1, 0.15) is 60.8 Å². The highest BCUT2D eigenvalue weighted by Crippen LogP contribution is 2.41. The molecule has 0 saturated heterocycles. The van der Waals surface area contributed by atoms with Crippen LogP contribution in [-0.4, -0.2) is 39.6 Å². The minimum Gasteiger partial charge on any atom is -0.435 e. The van der Waals surface area contributed by atoms with Crippen molar-refractivity contribution in [3.63, 3.8) is 0 Å². The van der Waals surface area contributed by atoms with Gasteiger partial charge in [-0.05, 0) is 76.1 Å². The fourth-order valence-corrected chi connectivity index (χ4v) is 5.09. The van der Waals surface area contributed by atoms with E-state index in [1.54, 1.807) is 12.1 Å². The molecule has 1 aliphatic carbocycles. The molecule has 1 aliphatic heterocycles. The van der Waals surface area contributed by atoms with Crippen molar-refractivity contribution < 1.29 is 18.7 Å². The van der Waals surface area contributed by atoms with E-state index in [2.05, 4.69) is 42.0 Å². The van der Waals surface area contributed by atoms with Crippen molar-refractivity contribution in [3.8, 4) is 0 Å². The lowest BCUT2D eigenvalue weighted by Crippen LogP contribution is -2.52. The predicted molar refractivity (Wildman–Crippen MR) is 120 cm³/mol. The van der Waals surface area contributed by atoms with Crippen molar-refractivity contribution in [3.05, 3.63) is 51.5 Å². The summed E-state index contributed by atoms with van der Waals surface area (Å²) in [6.45, 7) is 3.83. The summed E-state index contributed by atoms with van der Waals surface area (Å²) in [6.07, 6.45) is 3.06. The number of hydrogen-bond donors (Lipinski definition) is 3. The molecule has 0 unspecified atom stereocenters. The van der Waals surface area contributed by atoms with E-state index in [4.69, 9.17) is 4.74 Å². The molecule has 170 valence electrons. The van der Waals surface area contributed by atoms with E-state index in [1.165, 1.54) is 12.1 Å². The van der Waals surface area contributed by atoms with Crippen LogP contribution in [0, 0.1) is 18.7 Å². The average Bonchev–Trinajstić information content (AvgIpc) is 3.17. The Labute approximate surface area is 193 Å². The van der Waals surface area contributed by atoms with Crippen LogP contribution in [0.5, 0.6) is 0 Å². The molecule has 3 N–H and O–H groups in total. The van der Waals surface area contributed by atoms with Crippen molar-refractivity contribution in [1.82, 2.24) is 20.9 Å². The molecule has 8 nitrogen and oxygen atoms in total. The zero-order valence-corrected chi connectivity index (χ0v) is 19.5. The second-order valence-electron chi connectivity index (χ2n) is 8.57. The zero-order chi connectivity index (χ0) is 22.9. The third-order valence-corrected chi connectivity index (χ3v) is 6.74. The number of hydrogen-bond acceptors (Lipinski definition) is 5. The minimum absolute atomic E-state index is 0.0199. The van der Waals surface area contributed by atoms with Gasteiger partial charge in [0.1, 0.15) is 17.2 Å². The van der Waals surface area contributed by atoms with E-state index in [9.17, 15) is 14.0 Å². The van der Waals surface area contributed by atoms with E-state index in [0.717, 1.165) is 25.0 Å². The average molecular weight is 506 g/mol. The highest BCUT2D eigenvalue weighted by molar-refractivity contribution is 9.10. The topological polar surface area (TPSA) is 108 Å². The lowest BCUT2D eigenvalue weighted by molar-refractivity contribution is 0.0154. The maximum Gasteiger partial charge on any atom is 0.428 e. The van der Waals surface area contributed by atoms with Crippen LogP contribution in [0.2, 0.25) is 0 Å². The number of amides is 2. The molecule has 0 radical (unpaired) electrons. The van der Waals surface area contributed by atoms with E-state index < -0.39 is 11.7 Å². The van der Waals surface area contributed by atoms with E-state index in [1.807, 2.05) is 13.8 Å². The summed E-state index contributed by atoms with van der Waals surface area (Å²) in [6, 6.07) is 6.07. The van der Waals surface area contributed by atoms with Gasteiger partial charge in [-0.2, -0.15) is 10.2 Å². The molecular formula is C22H25BrFN5O3. The molecule has 1 atom stereocenters. The van der Waals surface area contributed by atoms with E-state index >= 15 is 0 Å². The predicted octanol–water partition coefficient (Wildman–Crippen LogP) is 4.20. The normalized spacial score (nSPS) is 23.8. The number of aromatic nitrogens is 2. The second kappa shape index (κ2) is 9.01. The van der Waals surface area contributed by atoms with Gasteiger partial charge >= 0.3 is 6.09 Å². The summed E-state index contributed by atoms with van der Waals surface area (Å²) in [5.41, 5.74) is 4.04. The lowest BCUT2D eigenvalue weighted by atomic mass is 9.73. The third kappa shape index (κ3) is 4.69. The Morgan fingerprint density at radius 1 is 1.38 bits per heavy atom. The molecule has 4 rings (SSSR count). The number of carbonyl (C=O) groups is 2. The van der Waals surface area contributed by atoms with Gasteiger partial charge in [0, 0.05) is 21.8 Å². The molecule has 32 heavy (non-hydrogen) atoms. The van der Waals surface area contributed by atoms with E-state index in [-0.39, 0.29) is 17.8 Å². The van der Waals surface area contributed by atoms with Crippen LogP contribution >= 0.6 is 15.9 Å². The van der Waals surface area contributed by atoms with Crippen LogP contribution in [0.3, 0.4) is 0 Å². The number of ether oxygens (including phenoxy) is 1. The number of nitrogens with zero attached hydrogens (tertiary/aromatic N) is 2. The Morgan fingerprint density at radius 2 is 2.12 bits per heavy atom. The summed E-state index contributed by atoms with van der Waals surface area (Å²) in [7, 11) is 0. The fourth-order valence-electron chi connectivity index (χ4n) is 4.55. The molecular weight excluding hydrogens is 481 g/mol. The van der Waals surface area contributed by atoms with Gasteiger partial charge in [-0.25, -0.2) is 14.6 Å². The number of benzene rings is 1. The highest BCUT2D eigenvalue weighted by Gasteiger charge is 2.46. The summed E-state index contributed by atoms with van der Waals surface area (Å²) in [5, 5.41) is 14.1. The van der Waals surface area contributed by atoms with Crippen molar-refractivity contribution in [1.29, 1.82) is 0 Å².